The Balaban J connectivity index is 4.91. The van der Waals surface area contributed by atoms with Crippen LogP contribution < -0.4 is 0 Å². The molecule has 0 atom stereocenters. The van der Waals surface area contributed by atoms with E-state index in [9.17, 15) is 9.90 Å². The fourth-order valence-electron chi connectivity index (χ4n) is 2.25. The van der Waals surface area contributed by atoms with E-state index in [-0.39, 0.29) is 0 Å². The van der Waals surface area contributed by atoms with Gasteiger partial charge in [-0.15, -0.1) is 0 Å². The first-order chi connectivity index (χ1) is 8.25. The van der Waals surface area contributed by atoms with Crippen LogP contribution in [0.25, 0.3) is 0 Å². The maximum Gasteiger partial charge on any atom is 0.331 e. The topological polar surface area (TPSA) is 37.3 Å². The van der Waals surface area contributed by atoms with Crippen molar-refractivity contribution in [2.75, 3.05) is 0 Å². The second-order valence-corrected chi connectivity index (χ2v) is 8.32. The van der Waals surface area contributed by atoms with Crippen LogP contribution in [0.1, 0.15) is 54.4 Å². The summed E-state index contributed by atoms with van der Waals surface area (Å²) in [6.07, 6.45) is 1.95. The molecule has 0 amide bonds. The third-order valence-electron chi connectivity index (χ3n) is 3.18. The Morgan fingerprint density at radius 2 is 1.61 bits per heavy atom. The van der Waals surface area contributed by atoms with Crippen molar-refractivity contribution in [2.24, 2.45) is 17.8 Å². The summed E-state index contributed by atoms with van der Waals surface area (Å²) in [7, 11) is -0.399. The lowest BCUT2D eigenvalue weighted by Gasteiger charge is -2.17. The van der Waals surface area contributed by atoms with Gasteiger partial charge in [0.2, 0.25) is 0 Å². The van der Waals surface area contributed by atoms with Gasteiger partial charge in [-0.2, -0.15) is 0 Å². The molecule has 1 N–H and O–H groups in total. The molecular formula is C15H30O2Si. The second-order valence-electron chi connectivity index (χ2n) is 6.35. The number of carbonyl (C=O) groups is 1. The molecule has 0 bridgehead atoms. The van der Waals surface area contributed by atoms with Gasteiger partial charge < -0.3 is 5.11 Å². The molecule has 0 fully saturated rings. The third-order valence-corrected chi connectivity index (χ3v) is 5.73. The van der Waals surface area contributed by atoms with E-state index in [0.29, 0.717) is 11.8 Å². The summed E-state index contributed by atoms with van der Waals surface area (Å²) in [6, 6.07) is 1.24. The molecule has 0 aromatic heterocycles. The fourth-order valence-corrected chi connectivity index (χ4v) is 4.83. The van der Waals surface area contributed by atoms with E-state index in [2.05, 4.69) is 41.5 Å². The first-order valence-corrected chi connectivity index (χ1v) is 8.91. The molecule has 0 aliphatic heterocycles. The number of allylic oxidation sites excluding steroid dienone is 1. The van der Waals surface area contributed by atoms with Crippen LogP contribution in [0.2, 0.25) is 6.04 Å². The smallest absolute Gasteiger partial charge is 0.331 e. The summed E-state index contributed by atoms with van der Waals surface area (Å²) < 4.78 is 0. The van der Waals surface area contributed by atoms with Crippen molar-refractivity contribution in [2.45, 2.75) is 60.4 Å². The van der Waals surface area contributed by atoms with Gasteiger partial charge in [-0.25, -0.2) is 4.79 Å². The molecule has 0 aromatic carbocycles. The zero-order valence-corrected chi connectivity index (χ0v) is 14.3. The van der Waals surface area contributed by atoms with Crippen molar-refractivity contribution in [1.29, 1.82) is 0 Å². The lowest BCUT2D eigenvalue weighted by molar-refractivity contribution is -0.133. The summed E-state index contributed by atoms with van der Waals surface area (Å²) in [5.41, 5.74) is 0.718. The quantitative estimate of drug-likeness (QED) is 0.540. The van der Waals surface area contributed by atoms with E-state index >= 15 is 0 Å². The zero-order valence-electron chi connectivity index (χ0n) is 12.9. The Labute approximate surface area is 115 Å². The monoisotopic (exact) mass is 270 g/mol. The lowest BCUT2D eigenvalue weighted by Crippen LogP contribution is -2.15. The lowest BCUT2D eigenvalue weighted by atomic mass is 9.99. The normalized spacial score (nSPS) is 14.1. The maximum absolute atomic E-state index is 11.4. The van der Waals surface area contributed by atoms with Gasteiger partial charge in [-0.3, -0.25) is 0 Å². The Morgan fingerprint density at radius 1 is 1.06 bits per heavy atom. The van der Waals surface area contributed by atoms with Crippen LogP contribution >= 0.6 is 0 Å². The van der Waals surface area contributed by atoms with Gasteiger partial charge in [0, 0.05) is 5.57 Å². The van der Waals surface area contributed by atoms with Crippen molar-refractivity contribution in [1.82, 2.24) is 0 Å². The van der Waals surface area contributed by atoms with Gasteiger partial charge in [-0.05, 0) is 24.2 Å². The second kappa shape index (κ2) is 8.52. The van der Waals surface area contributed by atoms with Gasteiger partial charge in [0.25, 0.3) is 0 Å². The highest BCUT2D eigenvalue weighted by Crippen LogP contribution is 2.22. The zero-order chi connectivity index (χ0) is 14.3. The fraction of sp³-hybridized carbons (Fsp3) is 0.800. The van der Waals surface area contributed by atoms with Gasteiger partial charge in [0.05, 0.1) is 9.52 Å². The van der Waals surface area contributed by atoms with Crippen LogP contribution in [0.3, 0.4) is 0 Å². The molecule has 0 aliphatic carbocycles. The number of carboxylic acids is 1. The predicted molar refractivity (Wildman–Crippen MR) is 81.8 cm³/mol. The van der Waals surface area contributed by atoms with Crippen LogP contribution in [-0.4, -0.2) is 20.6 Å². The Morgan fingerprint density at radius 3 is 1.94 bits per heavy atom. The molecular weight excluding hydrogens is 240 g/mol. The van der Waals surface area contributed by atoms with Crippen LogP contribution in [-0.2, 0) is 4.79 Å². The van der Waals surface area contributed by atoms with Crippen molar-refractivity contribution < 1.29 is 9.90 Å². The first kappa shape index (κ1) is 17.4. The minimum absolute atomic E-state index is 0.397. The largest absolute Gasteiger partial charge is 0.478 e. The highest BCUT2D eigenvalue weighted by Gasteiger charge is 2.18. The number of rotatable bonds is 8. The minimum Gasteiger partial charge on any atom is -0.478 e. The van der Waals surface area contributed by atoms with Gasteiger partial charge in [-0.1, -0.05) is 59.2 Å². The molecule has 0 aliphatic rings. The van der Waals surface area contributed by atoms with E-state index in [0.717, 1.165) is 17.9 Å². The molecule has 0 unspecified atom stereocenters. The van der Waals surface area contributed by atoms with E-state index in [1.165, 1.54) is 17.7 Å². The van der Waals surface area contributed by atoms with Crippen LogP contribution in [0.4, 0.5) is 0 Å². The highest BCUT2D eigenvalue weighted by atomic mass is 28.2. The minimum atomic E-state index is -0.690. The summed E-state index contributed by atoms with van der Waals surface area (Å²) in [5.74, 6) is 0.853. The van der Waals surface area contributed by atoms with Gasteiger partial charge in [0.15, 0.2) is 0 Å². The van der Waals surface area contributed by atoms with Crippen molar-refractivity contribution in [3.05, 3.63) is 10.8 Å². The highest BCUT2D eigenvalue weighted by molar-refractivity contribution is 6.46. The first-order valence-electron chi connectivity index (χ1n) is 7.20. The Bertz CT molecular complexity index is 291. The average molecular weight is 270 g/mol. The third kappa shape index (κ3) is 6.99. The van der Waals surface area contributed by atoms with Gasteiger partial charge >= 0.3 is 5.97 Å². The molecule has 106 valence electrons. The molecule has 0 spiro atoms. The molecule has 0 heterocycles. The molecule has 0 saturated heterocycles. The van der Waals surface area contributed by atoms with E-state index in [1.54, 1.807) is 0 Å². The molecule has 0 aromatic rings. The molecule has 0 saturated carbocycles. The molecule has 18 heavy (non-hydrogen) atoms. The Hall–Kier alpha value is -0.573. The predicted octanol–water partition coefficient (Wildman–Crippen LogP) is 3.66. The molecule has 3 heteroatoms. The number of aliphatic carboxylic acids is 1. The number of hydrogen-bond acceptors (Lipinski definition) is 1. The summed E-state index contributed by atoms with van der Waals surface area (Å²) in [5, 5.41) is 10.7. The summed E-state index contributed by atoms with van der Waals surface area (Å²) >= 11 is 0. The van der Waals surface area contributed by atoms with Crippen molar-refractivity contribution in [3.63, 3.8) is 0 Å². The summed E-state index contributed by atoms with van der Waals surface area (Å²) in [6.45, 7) is 12.9. The van der Waals surface area contributed by atoms with Gasteiger partial charge in [0.1, 0.15) is 0 Å². The van der Waals surface area contributed by atoms with Crippen molar-refractivity contribution in [3.8, 4) is 0 Å². The number of hydrogen-bond donors (Lipinski definition) is 1. The maximum atomic E-state index is 11.4. The van der Waals surface area contributed by atoms with E-state index in [4.69, 9.17) is 0 Å². The van der Waals surface area contributed by atoms with Crippen LogP contribution in [0.5, 0.6) is 0 Å². The molecule has 0 rings (SSSR count). The molecule has 2 nitrogen and oxygen atoms in total. The van der Waals surface area contributed by atoms with E-state index < -0.39 is 15.5 Å². The standard InChI is InChI=1S/C15H30O2Si/c1-10(2)7-8-18-14(12(5)6)13(15(16)17)9-11(3)4/h10-12H,7-9,18H2,1-6H3,(H,16,17). The Kier molecular flexibility index (Phi) is 8.24. The number of carboxylic acid groups (broad SMARTS) is 1. The SMILES string of the molecule is CC(C)CC[SiH2]C(=C(CC(C)C)C(=O)O)C(C)C. The molecule has 0 radical (unpaired) electrons. The average Bonchev–Trinajstić information content (AvgIpc) is 2.20. The van der Waals surface area contributed by atoms with Crippen LogP contribution in [0.15, 0.2) is 10.8 Å². The van der Waals surface area contributed by atoms with Crippen molar-refractivity contribution >= 4 is 15.5 Å². The van der Waals surface area contributed by atoms with E-state index in [1.807, 2.05) is 0 Å². The van der Waals surface area contributed by atoms with Crippen LogP contribution in [0, 0.1) is 17.8 Å². The summed E-state index contributed by atoms with van der Waals surface area (Å²) in [4.78, 5) is 11.4.